The Balaban J connectivity index is 2.37. The van der Waals surface area contributed by atoms with Crippen LogP contribution in [0, 0.1) is 0 Å². The summed E-state index contributed by atoms with van der Waals surface area (Å²) in [6.07, 6.45) is 1.13. The lowest BCUT2D eigenvalue weighted by Crippen LogP contribution is -1.96. The Morgan fingerprint density at radius 1 is 1.28 bits per heavy atom. The van der Waals surface area contributed by atoms with Gasteiger partial charge in [0.05, 0.1) is 10.6 Å². The van der Waals surface area contributed by atoms with Gasteiger partial charge >= 0.3 is 5.97 Å². The summed E-state index contributed by atoms with van der Waals surface area (Å²) < 4.78 is 22.6. The number of benzene rings is 1. The Labute approximate surface area is 108 Å². The summed E-state index contributed by atoms with van der Waals surface area (Å²) in [4.78, 5) is 14.9. The average molecular weight is 283 g/mol. The van der Waals surface area contributed by atoms with Crippen LogP contribution < -0.4 is 0 Å². The van der Waals surface area contributed by atoms with Gasteiger partial charge in [-0.15, -0.1) is 11.3 Å². The second-order valence-corrected chi connectivity index (χ2v) is 6.51. The van der Waals surface area contributed by atoms with Crippen LogP contribution in [0.25, 0.3) is 11.3 Å². The van der Waals surface area contributed by atoms with Gasteiger partial charge in [-0.25, -0.2) is 18.2 Å². The highest BCUT2D eigenvalue weighted by Crippen LogP contribution is 2.23. The Morgan fingerprint density at radius 3 is 2.33 bits per heavy atom. The van der Waals surface area contributed by atoms with Gasteiger partial charge in [0, 0.05) is 17.2 Å². The molecule has 0 aliphatic rings. The van der Waals surface area contributed by atoms with Crippen molar-refractivity contribution in [2.24, 2.45) is 0 Å². The van der Waals surface area contributed by atoms with Crippen LogP contribution >= 0.6 is 11.3 Å². The van der Waals surface area contributed by atoms with E-state index in [9.17, 15) is 13.2 Å². The molecule has 0 fully saturated rings. The van der Waals surface area contributed by atoms with E-state index in [-0.39, 0.29) is 9.90 Å². The molecule has 0 aliphatic carbocycles. The number of thiazole rings is 1. The van der Waals surface area contributed by atoms with Gasteiger partial charge in [0.1, 0.15) is 0 Å². The second-order valence-electron chi connectivity index (χ2n) is 3.64. The van der Waals surface area contributed by atoms with Crippen LogP contribution in [0.4, 0.5) is 0 Å². The van der Waals surface area contributed by atoms with Crippen molar-refractivity contribution in [2.45, 2.75) is 4.90 Å². The summed E-state index contributed by atoms with van der Waals surface area (Å²) >= 11 is 1.03. The predicted molar refractivity (Wildman–Crippen MR) is 67.6 cm³/mol. The highest BCUT2D eigenvalue weighted by atomic mass is 32.2. The summed E-state index contributed by atoms with van der Waals surface area (Å²) in [5, 5.41) is 10.4. The minimum atomic E-state index is -3.22. The van der Waals surface area contributed by atoms with Gasteiger partial charge in [-0.1, -0.05) is 12.1 Å². The quantitative estimate of drug-likeness (QED) is 0.930. The van der Waals surface area contributed by atoms with E-state index in [4.69, 9.17) is 5.11 Å². The van der Waals surface area contributed by atoms with Crippen LogP contribution in [-0.4, -0.2) is 30.7 Å². The van der Waals surface area contributed by atoms with Crippen molar-refractivity contribution >= 4 is 27.1 Å². The molecule has 2 rings (SSSR count). The Kier molecular flexibility index (Phi) is 3.18. The highest BCUT2D eigenvalue weighted by molar-refractivity contribution is 7.90. The van der Waals surface area contributed by atoms with E-state index in [1.807, 2.05) is 0 Å². The smallest absolute Gasteiger partial charge is 0.365 e. The zero-order valence-corrected chi connectivity index (χ0v) is 11.0. The molecule has 5 nitrogen and oxygen atoms in total. The van der Waals surface area contributed by atoms with Gasteiger partial charge < -0.3 is 5.11 Å². The molecule has 0 aliphatic heterocycles. The topological polar surface area (TPSA) is 84.3 Å². The number of aromatic nitrogens is 1. The Hall–Kier alpha value is -1.73. The van der Waals surface area contributed by atoms with Crippen molar-refractivity contribution in [3.8, 4) is 11.3 Å². The van der Waals surface area contributed by atoms with Crippen LogP contribution in [0.5, 0.6) is 0 Å². The van der Waals surface area contributed by atoms with E-state index in [0.717, 1.165) is 17.6 Å². The van der Waals surface area contributed by atoms with Gasteiger partial charge in [-0.05, 0) is 12.1 Å². The lowest BCUT2D eigenvalue weighted by molar-refractivity contribution is 0.0696. The van der Waals surface area contributed by atoms with Crippen molar-refractivity contribution in [1.82, 2.24) is 4.98 Å². The molecule has 1 aromatic carbocycles. The molecule has 18 heavy (non-hydrogen) atoms. The fraction of sp³-hybridized carbons (Fsp3) is 0.0909. The molecule has 0 unspecified atom stereocenters. The van der Waals surface area contributed by atoms with Crippen LogP contribution in [0.2, 0.25) is 0 Å². The maximum atomic E-state index is 11.3. The Bertz CT molecular complexity index is 686. The average Bonchev–Trinajstić information content (AvgIpc) is 2.77. The van der Waals surface area contributed by atoms with E-state index >= 15 is 0 Å². The molecule has 1 aromatic heterocycles. The third-order valence-corrected chi connectivity index (χ3v) is 4.22. The normalized spacial score (nSPS) is 11.4. The fourth-order valence-electron chi connectivity index (χ4n) is 1.38. The highest BCUT2D eigenvalue weighted by Gasteiger charge is 2.11. The van der Waals surface area contributed by atoms with Crippen LogP contribution in [-0.2, 0) is 9.84 Å². The summed E-state index contributed by atoms with van der Waals surface area (Å²) in [6, 6.07) is 6.17. The fourth-order valence-corrected chi connectivity index (χ4v) is 2.67. The molecule has 1 heterocycles. The molecule has 0 amide bonds. The number of rotatable bonds is 3. The Morgan fingerprint density at radius 2 is 1.89 bits per heavy atom. The molecular formula is C11H9NO4S2. The lowest BCUT2D eigenvalue weighted by atomic mass is 10.2. The van der Waals surface area contributed by atoms with Crippen molar-refractivity contribution in [3.63, 3.8) is 0 Å². The van der Waals surface area contributed by atoms with Gasteiger partial charge in [-0.3, -0.25) is 0 Å². The lowest BCUT2D eigenvalue weighted by Gasteiger charge is -1.99. The van der Waals surface area contributed by atoms with Gasteiger partial charge in [0.15, 0.2) is 9.84 Å². The number of sulfone groups is 1. The molecule has 0 spiro atoms. The first kappa shape index (κ1) is 12.7. The number of nitrogens with zero attached hydrogens (tertiary/aromatic N) is 1. The van der Waals surface area contributed by atoms with Crippen LogP contribution in [0.15, 0.2) is 34.5 Å². The van der Waals surface area contributed by atoms with Crippen molar-refractivity contribution in [1.29, 1.82) is 0 Å². The van der Waals surface area contributed by atoms with Gasteiger partial charge in [0.25, 0.3) is 0 Å². The molecule has 7 heteroatoms. The molecule has 0 saturated carbocycles. The summed E-state index contributed by atoms with van der Waals surface area (Å²) in [6.45, 7) is 0. The molecular weight excluding hydrogens is 274 g/mol. The largest absolute Gasteiger partial charge is 0.476 e. The summed E-state index contributed by atoms with van der Waals surface area (Å²) in [5.41, 5.74) is 1.21. The number of carboxylic acids is 1. The summed E-state index contributed by atoms with van der Waals surface area (Å²) in [7, 11) is -3.22. The first-order chi connectivity index (χ1) is 8.38. The number of hydrogen-bond acceptors (Lipinski definition) is 5. The number of hydrogen-bond donors (Lipinski definition) is 1. The first-order valence-electron chi connectivity index (χ1n) is 4.87. The standard InChI is InChI=1S/C11H9NO4S2/c1-18(15,16)8-4-2-7(3-5-8)9-6-17-10(12-9)11(13)14/h2-6H,1H3,(H,13,14). The van der Waals surface area contributed by atoms with E-state index in [2.05, 4.69) is 4.98 Å². The molecule has 1 N–H and O–H groups in total. The van der Waals surface area contributed by atoms with Crippen molar-refractivity contribution in [2.75, 3.05) is 6.26 Å². The predicted octanol–water partition coefficient (Wildman–Crippen LogP) is 1.91. The van der Waals surface area contributed by atoms with Crippen LogP contribution in [0.1, 0.15) is 9.80 Å². The SMILES string of the molecule is CS(=O)(=O)c1ccc(-c2csc(C(=O)O)n2)cc1. The van der Waals surface area contributed by atoms with Gasteiger partial charge in [0.2, 0.25) is 5.01 Å². The molecule has 0 radical (unpaired) electrons. The molecule has 94 valence electrons. The maximum Gasteiger partial charge on any atom is 0.365 e. The summed E-state index contributed by atoms with van der Waals surface area (Å²) in [5.74, 6) is -1.07. The third kappa shape index (κ3) is 2.57. The molecule has 2 aromatic rings. The van der Waals surface area contributed by atoms with E-state index in [1.54, 1.807) is 17.5 Å². The molecule has 0 saturated heterocycles. The minimum absolute atomic E-state index is 0.0113. The van der Waals surface area contributed by atoms with E-state index in [1.165, 1.54) is 12.1 Å². The number of carbonyl (C=O) groups is 1. The van der Waals surface area contributed by atoms with E-state index in [0.29, 0.717) is 11.3 Å². The van der Waals surface area contributed by atoms with Crippen molar-refractivity contribution in [3.05, 3.63) is 34.7 Å². The van der Waals surface area contributed by atoms with Crippen molar-refractivity contribution < 1.29 is 18.3 Å². The molecule has 0 atom stereocenters. The number of aromatic carboxylic acids is 1. The second kappa shape index (κ2) is 4.51. The molecule has 0 bridgehead atoms. The van der Waals surface area contributed by atoms with E-state index < -0.39 is 15.8 Å². The monoisotopic (exact) mass is 283 g/mol. The van der Waals surface area contributed by atoms with Gasteiger partial charge in [-0.2, -0.15) is 0 Å². The third-order valence-electron chi connectivity index (χ3n) is 2.27. The minimum Gasteiger partial charge on any atom is -0.476 e. The number of carboxylic acid groups (broad SMARTS) is 1. The first-order valence-corrected chi connectivity index (χ1v) is 7.64. The zero-order valence-electron chi connectivity index (χ0n) is 9.32. The maximum absolute atomic E-state index is 11.3. The zero-order chi connectivity index (χ0) is 13.3. The van der Waals surface area contributed by atoms with Crippen LogP contribution in [0.3, 0.4) is 0 Å².